The standard InChI is InChI=1S/C21H27N5O/c1-16-15-19(20(27)26-13-5-6-14-26)24-21(22-16)23-17-7-9-18(10-8-17)25-11-3-2-4-12-25/h7-10,15H,2-6,11-14H2,1H3,(H,22,23,24). The maximum Gasteiger partial charge on any atom is 0.272 e. The highest BCUT2D eigenvalue weighted by molar-refractivity contribution is 5.93. The molecule has 0 atom stereocenters. The minimum Gasteiger partial charge on any atom is -0.372 e. The van der Waals surface area contributed by atoms with Crippen molar-refractivity contribution in [3.63, 3.8) is 0 Å². The van der Waals surface area contributed by atoms with Crippen LogP contribution in [0.15, 0.2) is 30.3 Å². The van der Waals surface area contributed by atoms with Crippen LogP contribution in [-0.2, 0) is 0 Å². The zero-order valence-electron chi connectivity index (χ0n) is 15.9. The Morgan fingerprint density at radius 1 is 0.926 bits per heavy atom. The van der Waals surface area contributed by atoms with E-state index >= 15 is 0 Å². The van der Waals surface area contributed by atoms with Gasteiger partial charge in [-0.3, -0.25) is 4.79 Å². The first-order valence-electron chi connectivity index (χ1n) is 9.96. The van der Waals surface area contributed by atoms with Crippen molar-refractivity contribution in [2.24, 2.45) is 0 Å². The average molecular weight is 365 g/mol. The third kappa shape index (κ3) is 4.21. The maximum atomic E-state index is 12.6. The predicted octanol–water partition coefficient (Wildman–Crippen LogP) is 3.75. The van der Waals surface area contributed by atoms with Crippen LogP contribution < -0.4 is 10.2 Å². The molecule has 6 nitrogen and oxygen atoms in total. The molecule has 0 radical (unpaired) electrons. The number of amides is 1. The van der Waals surface area contributed by atoms with E-state index in [4.69, 9.17) is 0 Å². The number of rotatable bonds is 4. The summed E-state index contributed by atoms with van der Waals surface area (Å²) in [6.45, 7) is 5.81. The number of likely N-dealkylation sites (tertiary alicyclic amines) is 1. The molecule has 27 heavy (non-hydrogen) atoms. The molecule has 0 saturated carbocycles. The molecule has 1 N–H and O–H groups in total. The van der Waals surface area contributed by atoms with Crippen LogP contribution >= 0.6 is 0 Å². The van der Waals surface area contributed by atoms with Crippen molar-refractivity contribution in [3.05, 3.63) is 41.7 Å². The van der Waals surface area contributed by atoms with Crippen molar-refractivity contribution < 1.29 is 4.79 Å². The van der Waals surface area contributed by atoms with Crippen molar-refractivity contribution in [3.8, 4) is 0 Å². The average Bonchev–Trinajstić information content (AvgIpc) is 3.23. The lowest BCUT2D eigenvalue weighted by molar-refractivity contribution is 0.0787. The Hall–Kier alpha value is -2.63. The molecule has 0 bridgehead atoms. The van der Waals surface area contributed by atoms with Gasteiger partial charge in [0, 0.05) is 43.2 Å². The predicted molar refractivity (Wildman–Crippen MR) is 108 cm³/mol. The number of nitrogens with zero attached hydrogens (tertiary/aromatic N) is 4. The molecule has 2 aliphatic rings. The van der Waals surface area contributed by atoms with Crippen LogP contribution in [0.3, 0.4) is 0 Å². The second kappa shape index (κ2) is 7.94. The summed E-state index contributed by atoms with van der Waals surface area (Å²) in [4.78, 5) is 25.8. The van der Waals surface area contributed by atoms with Gasteiger partial charge < -0.3 is 15.1 Å². The summed E-state index contributed by atoms with van der Waals surface area (Å²) in [5, 5.41) is 3.25. The van der Waals surface area contributed by atoms with Crippen molar-refractivity contribution in [1.29, 1.82) is 0 Å². The molecule has 2 fully saturated rings. The van der Waals surface area contributed by atoms with Gasteiger partial charge in [0.25, 0.3) is 5.91 Å². The highest BCUT2D eigenvalue weighted by atomic mass is 16.2. The van der Waals surface area contributed by atoms with Crippen molar-refractivity contribution in [2.75, 3.05) is 36.4 Å². The quantitative estimate of drug-likeness (QED) is 0.894. The van der Waals surface area contributed by atoms with E-state index in [1.165, 1.54) is 24.9 Å². The molecule has 0 spiro atoms. The lowest BCUT2D eigenvalue weighted by Gasteiger charge is -2.28. The summed E-state index contributed by atoms with van der Waals surface area (Å²) in [6, 6.07) is 10.2. The molecule has 0 unspecified atom stereocenters. The number of aromatic nitrogens is 2. The number of carbonyl (C=O) groups excluding carboxylic acids is 1. The minimum atomic E-state index is 0.00139. The summed E-state index contributed by atoms with van der Waals surface area (Å²) in [5.74, 6) is 0.477. The number of hydrogen-bond acceptors (Lipinski definition) is 5. The largest absolute Gasteiger partial charge is 0.372 e. The topological polar surface area (TPSA) is 61.4 Å². The van der Waals surface area contributed by atoms with E-state index in [1.807, 2.05) is 11.8 Å². The van der Waals surface area contributed by atoms with Crippen LogP contribution in [0.1, 0.15) is 48.3 Å². The summed E-state index contributed by atoms with van der Waals surface area (Å²) in [7, 11) is 0. The number of carbonyl (C=O) groups is 1. The summed E-state index contributed by atoms with van der Waals surface area (Å²) in [5.41, 5.74) is 3.45. The molecular weight excluding hydrogens is 338 g/mol. The first-order valence-corrected chi connectivity index (χ1v) is 9.96. The summed E-state index contributed by atoms with van der Waals surface area (Å²) >= 11 is 0. The molecule has 1 aromatic carbocycles. The Morgan fingerprint density at radius 2 is 1.59 bits per heavy atom. The highest BCUT2D eigenvalue weighted by Crippen LogP contribution is 2.23. The molecule has 142 valence electrons. The first kappa shape index (κ1) is 17.8. The van der Waals surface area contributed by atoms with Crippen molar-refractivity contribution in [2.45, 2.75) is 39.0 Å². The molecule has 0 aliphatic carbocycles. The molecule has 2 aromatic rings. The van der Waals surface area contributed by atoms with Gasteiger partial charge in [-0.25, -0.2) is 9.97 Å². The van der Waals surface area contributed by atoms with Gasteiger partial charge in [-0.15, -0.1) is 0 Å². The first-order chi connectivity index (χ1) is 13.2. The molecule has 3 heterocycles. The minimum absolute atomic E-state index is 0.00139. The van der Waals surface area contributed by atoms with E-state index in [2.05, 4.69) is 44.5 Å². The van der Waals surface area contributed by atoms with Gasteiger partial charge >= 0.3 is 0 Å². The van der Waals surface area contributed by atoms with Crippen LogP contribution in [0, 0.1) is 6.92 Å². The van der Waals surface area contributed by atoms with Crippen LogP contribution in [0.2, 0.25) is 0 Å². The van der Waals surface area contributed by atoms with E-state index in [-0.39, 0.29) is 5.91 Å². The van der Waals surface area contributed by atoms with Gasteiger partial charge in [0.1, 0.15) is 5.69 Å². The van der Waals surface area contributed by atoms with E-state index in [0.717, 1.165) is 50.4 Å². The van der Waals surface area contributed by atoms with Crippen LogP contribution in [-0.4, -0.2) is 47.0 Å². The number of benzene rings is 1. The number of nitrogens with one attached hydrogen (secondary N) is 1. The van der Waals surface area contributed by atoms with Crippen LogP contribution in [0.5, 0.6) is 0 Å². The third-order valence-corrected chi connectivity index (χ3v) is 5.31. The second-order valence-corrected chi connectivity index (χ2v) is 7.44. The SMILES string of the molecule is Cc1cc(C(=O)N2CCCC2)nc(Nc2ccc(N3CCCCC3)cc2)n1. The van der Waals surface area contributed by atoms with E-state index < -0.39 is 0 Å². The van der Waals surface area contributed by atoms with Gasteiger partial charge in [0.05, 0.1) is 0 Å². The van der Waals surface area contributed by atoms with Gasteiger partial charge in [-0.1, -0.05) is 0 Å². The number of anilines is 3. The fraction of sp³-hybridized carbons (Fsp3) is 0.476. The van der Waals surface area contributed by atoms with Gasteiger partial charge in [0.2, 0.25) is 5.95 Å². The summed E-state index contributed by atoms with van der Waals surface area (Å²) in [6.07, 6.45) is 6.02. The van der Waals surface area contributed by atoms with Crippen LogP contribution in [0.25, 0.3) is 0 Å². The number of hydrogen-bond donors (Lipinski definition) is 1. The molecular formula is C21H27N5O. The van der Waals surface area contributed by atoms with Gasteiger partial charge in [-0.05, 0) is 69.4 Å². The smallest absolute Gasteiger partial charge is 0.272 e. The molecule has 1 amide bonds. The molecule has 4 rings (SSSR count). The zero-order chi connectivity index (χ0) is 18.6. The fourth-order valence-corrected chi connectivity index (χ4v) is 3.85. The second-order valence-electron chi connectivity index (χ2n) is 7.44. The number of aryl methyl sites for hydroxylation is 1. The Kier molecular flexibility index (Phi) is 5.23. The van der Waals surface area contributed by atoms with E-state index in [0.29, 0.717) is 11.6 Å². The Bertz CT molecular complexity index is 793. The van der Waals surface area contributed by atoms with Crippen LogP contribution in [0.4, 0.5) is 17.3 Å². The van der Waals surface area contributed by atoms with Crippen molar-refractivity contribution in [1.82, 2.24) is 14.9 Å². The molecule has 6 heteroatoms. The number of piperidine rings is 1. The van der Waals surface area contributed by atoms with E-state index in [1.54, 1.807) is 6.07 Å². The zero-order valence-corrected chi connectivity index (χ0v) is 15.9. The van der Waals surface area contributed by atoms with E-state index in [9.17, 15) is 4.79 Å². The Morgan fingerprint density at radius 3 is 2.30 bits per heavy atom. The highest BCUT2D eigenvalue weighted by Gasteiger charge is 2.21. The normalized spacial score (nSPS) is 17.2. The molecule has 2 saturated heterocycles. The third-order valence-electron chi connectivity index (χ3n) is 5.31. The van der Waals surface area contributed by atoms with Crippen molar-refractivity contribution >= 4 is 23.2 Å². The lowest BCUT2D eigenvalue weighted by Crippen LogP contribution is -2.29. The van der Waals surface area contributed by atoms with Gasteiger partial charge in [-0.2, -0.15) is 0 Å². The fourth-order valence-electron chi connectivity index (χ4n) is 3.85. The summed E-state index contributed by atoms with van der Waals surface area (Å²) < 4.78 is 0. The Balaban J connectivity index is 1.47. The Labute approximate surface area is 160 Å². The monoisotopic (exact) mass is 365 g/mol. The maximum absolute atomic E-state index is 12.6. The van der Waals surface area contributed by atoms with Gasteiger partial charge in [0.15, 0.2) is 0 Å². The molecule has 1 aromatic heterocycles. The lowest BCUT2D eigenvalue weighted by atomic mass is 10.1. The molecule has 2 aliphatic heterocycles.